The van der Waals surface area contributed by atoms with Crippen LogP contribution < -0.4 is 5.32 Å². The highest BCUT2D eigenvalue weighted by atomic mass is 16.5. The lowest BCUT2D eigenvalue weighted by atomic mass is 10.1. The van der Waals surface area contributed by atoms with Gasteiger partial charge in [0.15, 0.2) is 0 Å². The summed E-state index contributed by atoms with van der Waals surface area (Å²) in [6.45, 7) is 2.54. The van der Waals surface area contributed by atoms with E-state index in [1.807, 2.05) is 56.4 Å². The Labute approximate surface area is 152 Å². The van der Waals surface area contributed by atoms with Crippen molar-refractivity contribution in [3.05, 3.63) is 59.9 Å². The maximum atomic E-state index is 12.4. The van der Waals surface area contributed by atoms with Crippen LogP contribution in [-0.2, 0) is 16.6 Å². The molecule has 1 aliphatic rings. The number of ether oxygens (including phenoxy) is 1. The number of aryl methyl sites for hydroxylation is 1. The van der Waals surface area contributed by atoms with E-state index in [9.17, 15) is 4.79 Å². The van der Waals surface area contributed by atoms with Gasteiger partial charge in [-0.2, -0.15) is 0 Å². The van der Waals surface area contributed by atoms with Gasteiger partial charge in [-0.05, 0) is 56.2 Å². The summed E-state index contributed by atoms with van der Waals surface area (Å²) < 4.78 is 7.56. The summed E-state index contributed by atoms with van der Waals surface area (Å²) in [5, 5.41) is 2.96. The first-order valence-electron chi connectivity index (χ1n) is 8.79. The molecule has 4 rings (SSSR count). The Kier molecular flexibility index (Phi) is 4.21. The van der Waals surface area contributed by atoms with Crippen LogP contribution in [-0.4, -0.2) is 22.1 Å². The van der Waals surface area contributed by atoms with E-state index in [0.717, 1.165) is 52.3 Å². The summed E-state index contributed by atoms with van der Waals surface area (Å²) >= 11 is 0. The van der Waals surface area contributed by atoms with E-state index in [4.69, 9.17) is 9.72 Å². The minimum Gasteiger partial charge on any atom is -0.498 e. The molecule has 0 bridgehead atoms. The van der Waals surface area contributed by atoms with E-state index in [2.05, 4.69) is 16.0 Å². The average molecular weight is 347 g/mol. The number of carbonyl (C=O) groups excluding carboxylic acids is 1. The summed E-state index contributed by atoms with van der Waals surface area (Å²) in [7, 11) is 2.01. The van der Waals surface area contributed by atoms with Crippen LogP contribution in [0.1, 0.15) is 19.8 Å². The van der Waals surface area contributed by atoms with Crippen molar-refractivity contribution in [1.29, 1.82) is 0 Å². The quantitative estimate of drug-likeness (QED) is 0.770. The molecule has 2 heterocycles. The molecule has 0 fully saturated rings. The number of fused-ring (bicyclic) bond motifs is 1. The predicted molar refractivity (Wildman–Crippen MR) is 103 cm³/mol. The summed E-state index contributed by atoms with van der Waals surface area (Å²) in [6, 6.07) is 15.9. The number of aromatic nitrogens is 2. The van der Waals surface area contributed by atoms with Crippen molar-refractivity contribution in [2.24, 2.45) is 7.05 Å². The molecule has 1 N–H and O–H groups in total. The van der Waals surface area contributed by atoms with E-state index in [-0.39, 0.29) is 5.91 Å². The summed E-state index contributed by atoms with van der Waals surface area (Å²) in [4.78, 5) is 17.1. The van der Waals surface area contributed by atoms with Crippen molar-refractivity contribution >= 4 is 22.6 Å². The number of anilines is 1. The highest BCUT2D eigenvalue weighted by molar-refractivity contribution is 6.04. The van der Waals surface area contributed by atoms with Crippen molar-refractivity contribution in [2.75, 3.05) is 11.9 Å². The van der Waals surface area contributed by atoms with Gasteiger partial charge >= 0.3 is 0 Å². The van der Waals surface area contributed by atoms with Gasteiger partial charge in [-0.1, -0.05) is 12.1 Å². The number of benzene rings is 2. The number of nitrogens with zero attached hydrogens (tertiary/aromatic N) is 2. The molecule has 1 aromatic heterocycles. The van der Waals surface area contributed by atoms with E-state index in [1.54, 1.807) is 0 Å². The zero-order valence-corrected chi connectivity index (χ0v) is 15.0. The Balaban J connectivity index is 1.57. The van der Waals surface area contributed by atoms with Crippen LogP contribution in [0.25, 0.3) is 22.4 Å². The Hall–Kier alpha value is -3.08. The maximum absolute atomic E-state index is 12.4. The van der Waals surface area contributed by atoms with Crippen molar-refractivity contribution < 1.29 is 9.53 Å². The number of allylic oxidation sites excluding steroid dienone is 1. The minimum absolute atomic E-state index is 0.0855. The standard InChI is InChI=1S/C21H21N3O2/c1-14-17(6-5-13-26-14)21(25)22-16-11-9-15(10-12-16)20-23-18-7-3-4-8-19(18)24(20)2/h3-4,7-12H,5-6,13H2,1-2H3,(H,22,25). The maximum Gasteiger partial charge on any atom is 0.254 e. The summed E-state index contributed by atoms with van der Waals surface area (Å²) in [5.74, 6) is 1.55. The number of rotatable bonds is 3. The Morgan fingerprint density at radius 1 is 1.15 bits per heavy atom. The van der Waals surface area contributed by atoms with Crippen molar-refractivity contribution in [1.82, 2.24) is 9.55 Å². The molecule has 0 aliphatic carbocycles. The van der Waals surface area contributed by atoms with Crippen LogP contribution in [0.3, 0.4) is 0 Å². The molecule has 0 radical (unpaired) electrons. The Morgan fingerprint density at radius 2 is 1.92 bits per heavy atom. The largest absolute Gasteiger partial charge is 0.498 e. The third-order valence-corrected chi connectivity index (χ3v) is 4.78. The van der Waals surface area contributed by atoms with Gasteiger partial charge in [0.1, 0.15) is 11.6 Å². The first-order valence-corrected chi connectivity index (χ1v) is 8.79. The van der Waals surface area contributed by atoms with Gasteiger partial charge in [0.05, 0.1) is 23.2 Å². The summed E-state index contributed by atoms with van der Waals surface area (Å²) in [5.41, 5.74) is 4.58. The predicted octanol–water partition coefficient (Wildman–Crippen LogP) is 4.26. The number of nitrogens with one attached hydrogen (secondary N) is 1. The molecule has 2 aromatic carbocycles. The van der Waals surface area contributed by atoms with Crippen LogP contribution in [0.4, 0.5) is 5.69 Å². The van der Waals surface area contributed by atoms with Gasteiger partial charge in [0.2, 0.25) is 0 Å². The van der Waals surface area contributed by atoms with Crippen LogP contribution >= 0.6 is 0 Å². The number of imidazole rings is 1. The Bertz CT molecular complexity index is 1000. The second kappa shape index (κ2) is 6.67. The molecular formula is C21H21N3O2. The lowest BCUT2D eigenvalue weighted by Gasteiger charge is -2.18. The number of para-hydroxylation sites is 2. The monoisotopic (exact) mass is 347 g/mol. The fourth-order valence-corrected chi connectivity index (χ4v) is 3.32. The van der Waals surface area contributed by atoms with Gasteiger partial charge in [-0.3, -0.25) is 4.79 Å². The average Bonchev–Trinajstić information content (AvgIpc) is 3.00. The van der Waals surface area contributed by atoms with Crippen LogP contribution in [0, 0.1) is 0 Å². The molecule has 5 nitrogen and oxygen atoms in total. The van der Waals surface area contributed by atoms with Gasteiger partial charge < -0.3 is 14.6 Å². The molecule has 0 spiro atoms. The SMILES string of the molecule is CC1=C(C(=O)Nc2ccc(-c3nc4ccccc4n3C)cc2)CCCO1. The molecular weight excluding hydrogens is 326 g/mol. The number of hydrogen-bond acceptors (Lipinski definition) is 3. The molecule has 1 amide bonds. The molecule has 5 heteroatoms. The zero-order chi connectivity index (χ0) is 18.1. The molecule has 0 atom stereocenters. The molecule has 26 heavy (non-hydrogen) atoms. The fourth-order valence-electron chi connectivity index (χ4n) is 3.32. The second-order valence-corrected chi connectivity index (χ2v) is 6.50. The van der Waals surface area contributed by atoms with E-state index >= 15 is 0 Å². The van der Waals surface area contributed by atoms with Gasteiger partial charge in [0, 0.05) is 18.3 Å². The highest BCUT2D eigenvalue weighted by Crippen LogP contribution is 2.25. The molecule has 1 aliphatic heterocycles. The van der Waals surface area contributed by atoms with Crippen molar-refractivity contribution in [2.45, 2.75) is 19.8 Å². The summed E-state index contributed by atoms with van der Waals surface area (Å²) in [6.07, 6.45) is 1.64. The third-order valence-electron chi connectivity index (χ3n) is 4.78. The van der Waals surface area contributed by atoms with Crippen molar-refractivity contribution in [3.8, 4) is 11.4 Å². The smallest absolute Gasteiger partial charge is 0.254 e. The Morgan fingerprint density at radius 3 is 2.65 bits per heavy atom. The topological polar surface area (TPSA) is 56.2 Å². The lowest BCUT2D eigenvalue weighted by molar-refractivity contribution is -0.113. The number of hydrogen-bond donors (Lipinski definition) is 1. The second-order valence-electron chi connectivity index (χ2n) is 6.50. The molecule has 3 aromatic rings. The van der Waals surface area contributed by atoms with Crippen molar-refractivity contribution in [3.63, 3.8) is 0 Å². The van der Waals surface area contributed by atoms with Gasteiger partial charge in [-0.15, -0.1) is 0 Å². The van der Waals surface area contributed by atoms with E-state index in [0.29, 0.717) is 6.61 Å². The molecule has 0 saturated heterocycles. The van der Waals surface area contributed by atoms with Gasteiger partial charge in [-0.25, -0.2) is 4.98 Å². The number of amides is 1. The van der Waals surface area contributed by atoms with E-state index in [1.165, 1.54) is 0 Å². The lowest BCUT2D eigenvalue weighted by Crippen LogP contribution is -2.19. The first-order chi connectivity index (χ1) is 12.6. The van der Waals surface area contributed by atoms with Crippen LogP contribution in [0.15, 0.2) is 59.9 Å². The third kappa shape index (κ3) is 2.96. The fraction of sp³-hybridized carbons (Fsp3) is 0.238. The van der Waals surface area contributed by atoms with Gasteiger partial charge in [0.25, 0.3) is 5.91 Å². The highest BCUT2D eigenvalue weighted by Gasteiger charge is 2.18. The van der Waals surface area contributed by atoms with Crippen LogP contribution in [0.5, 0.6) is 0 Å². The zero-order valence-electron chi connectivity index (χ0n) is 15.0. The molecule has 0 saturated carbocycles. The van der Waals surface area contributed by atoms with Crippen LogP contribution in [0.2, 0.25) is 0 Å². The minimum atomic E-state index is -0.0855. The van der Waals surface area contributed by atoms with E-state index < -0.39 is 0 Å². The normalized spacial score (nSPS) is 14.4. The number of carbonyl (C=O) groups is 1. The first kappa shape index (κ1) is 16.4. The molecule has 132 valence electrons. The molecule has 0 unspecified atom stereocenters.